The maximum absolute atomic E-state index is 3.69. The minimum absolute atomic E-state index is 0.0184. The van der Waals surface area contributed by atoms with Crippen molar-refractivity contribution in [3.8, 4) is 33.4 Å². The highest BCUT2D eigenvalue weighted by atomic mass is 14.9. The molecule has 0 fully saturated rings. The van der Waals surface area contributed by atoms with Crippen LogP contribution in [-0.2, 0) is 10.8 Å². The van der Waals surface area contributed by atoms with Gasteiger partial charge in [0.1, 0.15) is 0 Å². The number of fused-ring (bicyclic) bond motifs is 6. The molecule has 7 aromatic rings. The van der Waals surface area contributed by atoms with E-state index in [2.05, 4.69) is 189 Å². The van der Waals surface area contributed by atoms with Crippen molar-refractivity contribution in [3.63, 3.8) is 0 Å². The van der Waals surface area contributed by atoms with E-state index in [1.807, 2.05) is 0 Å². The van der Waals surface area contributed by atoms with Crippen LogP contribution in [0.15, 0.2) is 170 Å². The van der Waals surface area contributed by atoms with Crippen molar-refractivity contribution in [2.75, 3.05) is 5.32 Å². The Kier molecular flexibility index (Phi) is 6.14. The van der Waals surface area contributed by atoms with Gasteiger partial charge in [-0.15, -0.1) is 0 Å². The summed E-state index contributed by atoms with van der Waals surface area (Å²) in [5.41, 5.74) is 17.5. The normalized spacial score (nSPS) is 14.5. The highest BCUT2D eigenvalue weighted by molar-refractivity contribution is 5.89. The van der Waals surface area contributed by atoms with Gasteiger partial charge in [-0.2, -0.15) is 0 Å². The van der Waals surface area contributed by atoms with Crippen LogP contribution in [0.1, 0.15) is 47.2 Å². The van der Waals surface area contributed by atoms with Gasteiger partial charge in [0.25, 0.3) is 0 Å². The number of nitrogens with one attached hydrogen (secondary N) is 1. The molecule has 0 unspecified atom stereocenters. The summed E-state index contributed by atoms with van der Waals surface area (Å²) < 4.78 is 0. The number of anilines is 2. The summed E-state index contributed by atoms with van der Waals surface area (Å²) >= 11 is 0. The Balaban J connectivity index is 1.09. The standard InChI is InChI=1S/C46H35N/c1-45(2)41-19-11-9-17-37(41)39-28-26-36(30-43(39)45)47-35-24-21-31(22-25-35)32-23-27-40-38-18-10-12-20-42(38)46(44(40)29-32,33-13-5-3-6-14-33)34-15-7-4-8-16-34/h3-30,47H,1-2H3. The van der Waals surface area contributed by atoms with Gasteiger partial charge in [-0.25, -0.2) is 0 Å². The molecule has 0 saturated carbocycles. The molecule has 0 heterocycles. The third-order valence-electron chi connectivity index (χ3n) is 10.5. The first-order valence-electron chi connectivity index (χ1n) is 16.5. The SMILES string of the molecule is CC1(C)c2ccccc2-c2ccc(Nc3ccc(-c4ccc5c(c4)C(c4ccccc4)(c4ccccc4)c4ccccc4-5)cc3)cc21. The van der Waals surface area contributed by atoms with Crippen molar-refractivity contribution in [3.05, 3.63) is 203 Å². The molecule has 0 radical (unpaired) electrons. The number of benzene rings is 7. The Morgan fingerprint density at radius 3 is 1.53 bits per heavy atom. The summed E-state index contributed by atoms with van der Waals surface area (Å²) in [5.74, 6) is 0. The lowest BCUT2D eigenvalue weighted by Gasteiger charge is -2.34. The van der Waals surface area contributed by atoms with Gasteiger partial charge in [0, 0.05) is 16.8 Å². The van der Waals surface area contributed by atoms with E-state index >= 15 is 0 Å². The predicted molar refractivity (Wildman–Crippen MR) is 196 cm³/mol. The summed E-state index contributed by atoms with van der Waals surface area (Å²) in [7, 11) is 0. The molecule has 9 rings (SSSR count). The summed E-state index contributed by atoms with van der Waals surface area (Å²) in [6.45, 7) is 4.66. The molecule has 7 aromatic carbocycles. The van der Waals surface area contributed by atoms with Crippen molar-refractivity contribution >= 4 is 11.4 Å². The summed E-state index contributed by atoms with van der Waals surface area (Å²) in [5, 5.41) is 3.69. The van der Waals surface area contributed by atoms with E-state index in [0.29, 0.717) is 0 Å². The van der Waals surface area contributed by atoms with Crippen molar-refractivity contribution in [2.45, 2.75) is 24.7 Å². The van der Waals surface area contributed by atoms with Crippen LogP contribution in [0.4, 0.5) is 11.4 Å². The first-order valence-corrected chi connectivity index (χ1v) is 16.5. The molecular formula is C46H35N. The zero-order chi connectivity index (χ0) is 31.6. The molecule has 0 atom stereocenters. The molecule has 0 amide bonds. The topological polar surface area (TPSA) is 12.0 Å². The molecule has 2 aliphatic rings. The maximum atomic E-state index is 3.69. The third-order valence-corrected chi connectivity index (χ3v) is 10.5. The van der Waals surface area contributed by atoms with Crippen LogP contribution < -0.4 is 5.32 Å². The first-order chi connectivity index (χ1) is 23.0. The molecule has 0 aromatic heterocycles. The summed E-state index contributed by atoms with van der Waals surface area (Å²) in [6.07, 6.45) is 0. The number of hydrogen-bond donors (Lipinski definition) is 1. The van der Waals surface area contributed by atoms with Crippen LogP contribution >= 0.6 is 0 Å². The van der Waals surface area contributed by atoms with Crippen molar-refractivity contribution in [1.29, 1.82) is 0 Å². The lowest BCUT2D eigenvalue weighted by Crippen LogP contribution is -2.28. The fourth-order valence-corrected chi connectivity index (χ4v) is 8.32. The predicted octanol–water partition coefficient (Wildman–Crippen LogP) is 11.8. The Morgan fingerprint density at radius 2 is 0.851 bits per heavy atom. The minimum Gasteiger partial charge on any atom is -0.356 e. The molecule has 0 aliphatic heterocycles. The van der Waals surface area contributed by atoms with Crippen molar-refractivity contribution in [2.24, 2.45) is 0 Å². The molecular weight excluding hydrogens is 567 g/mol. The highest BCUT2D eigenvalue weighted by Gasteiger charge is 2.46. The monoisotopic (exact) mass is 601 g/mol. The van der Waals surface area contributed by atoms with Gasteiger partial charge < -0.3 is 5.32 Å². The van der Waals surface area contributed by atoms with Gasteiger partial charge in [-0.1, -0.05) is 153 Å². The third kappa shape index (κ3) is 4.09. The Hall–Kier alpha value is -5.66. The van der Waals surface area contributed by atoms with Gasteiger partial charge in [0.2, 0.25) is 0 Å². The molecule has 1 nitrogen and oxygen atoms in total. The zero-order valence-electron chi connectivity index (χ0n) is 26.7. The van der Waals surface area contributed by atoms with E-state index in [-0.39, 0.29) is 5.41 Å². The Labute approximate surface area is 277 Å². The van der Waals surface area contributed by atoms with Gasteiger partial charge >= 0.3 is 0 Å². The highest BCUT2D eigenvalue weighted by Crippen LogP contribution is 2.56. The van der Waals surface area contributed by atoms with E-state index in [1.165, 1.54) is 66.8 Å². The van der Waals surface area contributed by atoms with E-state index in [1.54, 1.807) is 0 Å². The Bertz CT molecular complexity index is 2240. The number of rotatable bonds is 5. The van der Waals surface area contributed by atoms with E-state index in [0.717, 1.165) is 11.4 Å². The molecule has 47 heavy (non-hydrogen) atoms. The van der Waals surface area contributed by atoms with Gasteiger partial charge in [0.15, 0.2) is 0 Å². The van der Waals surface area contributed by atoms with E-state index in [9.17, 15) is 0 Å². The van der Waals surface area contributed by atoms with Crippen LogP contribution in [0.3, 0.4) is 0 Å². The molecule has 2 aliphatic carbocycles. The molecule has 1 N–H and O–H groups in total. The van der Waals surface area contributed by atoms with Gasteiger partial charge in [-0.3, -0.25) is 0 Å². The second-order valence-corrected chi connectivity index (χ2v) is 13.4. The number of hydrogen-bond acceptors (Lipinski definition) is 1. The second-order valence-electron chi connectivity index (χ2n) is 13.4. The quantitative estimate of drug-likeness (QED) is 0.207. The van der Waals surface area contributed by atoms with Gasteiger partial charge in [0.05, 0.1) is 5.41 Å². The largest absolute Gasteiger partial charge is 0.356 e. The van der Waals surface area contributed by atoms with E-state index in [4.69, 9.17) is 0 Å². The molecule has 0 bridgehead atoms. The minimum atomic E-state index is -0.396. The molecule has 0 spiro atoms. The lowest BCUT2D eigenvalue weighted by atomic mass is 9.67. The van der Waals surface area contributed by atoms with Crippen molar-refractivity contribution < 1.29 is 0 Å². The summed E-state index contributed by atoms with van der Waals surface area (Å²) in [4.78, 5) is 0. The van der Waals surface area contributed by atoms with Crippen LogP contribution in [0.5, 0.6) is 0 Å². The average molecular weight is 602 g/mol. The van der Waals surface area contributed by atoms with Crippen LogP contribution in [0, 0.1) is 0 Å². The van der Waals surface area contributed by atoms with Crippen LogP contribution in [0.2, 0.25) is 0 Å². The molecule has 1 heteroatoms. The zero-order valence-corrected chi connectivity index (χ0v) is 26.7. The molecule has 0 saturated heterocycles. The fraction of sp³-hybridized carbons (Fsp3) is 0.0870. The second kappa shape index (κ2) is 10.4. The van der Waals surface area contributed by atoms with E-state index < -0.39 is 5.41 Å². The van der Waals surface area contributed by atoms with Crippen LogP contribution in [0.25, 0.3) is 33.4 Å². The van der Waals surface area contributed by atoms with Crippen molar-refractivity contribution in [1.82, 2.24) is 0 Å². The maximum Gasteiger partial charge on any atom is 0.0713 e. The lowest BCUT2D eigenvalue weighted by molar-refractivity contribution is 0.660. The summed E-state index contributed by atoms with van der Waals surface area (Å²) in [6, 6.07) is 62.5. The average Bonchev–Trinajstić information content (AvgIpc) is 3.55. The smallest absolute Gasteiger partial charge is 0.0713 e. The fourth-order valence-electron chi connectivity index (χ4n) is 8.32. The van der Waals surface area contributed by atoms with Gasteiger partial charge in [-0.05, 0) is 97.1 Å². The first kappa shape index (κ1) is 27.6. The Morgan fingerprint density at radius 1 is 0.362 bits per heavy atom. The van der Waals surface area contributed by atoms with Crippen LogP contribution in [-0.4, -0.2) is 0 Å². The molecule has 224 valence electrons.